The fourth-order valence-corrected chi connectivity index (χ4v) is 5.01. The van der Waals surface area contributed by atoms with Crippen molar-refractivity contribution in [2.45, 2.75) is 92.9 Å². The molecule has 0 heterocycles. The van der Waals surface area contributed by atoms with Gasteiger partial charge in [0.25, 0.3) is 0 Å². The summed E-state index contributed by atoms with van der Waals surface area (Å²) in [6, 6.07) is 31.2. The third-order valence-corrected chi connectivity index (χ3v) is 7.23. The van der Waals surface area contributed by atoms with E-state index in [1.165, 1.54) is 78.3 Å². The average Bonchev–Trinajstić information content (AvgIpc) is 3.50. The molecule has 0 unspecified atom stereocenters. The Hall–Kier alpha value is -2.02. The van der Waals surface area contributed by atoms with E-state index in [1.807, 2.05) is 30.3 Å². The zero-order valence-electron chi connectivity index (χ0n) is 29.3. The number of aryl methyl sites for hydroxylation is 2. The Balaban J connectivity index is 0. The van der Waals surface area contributed by atoms with E-state index in [0.29, 0.717) is 23.7 Å². The molecule has 0 bridgehead atoms. The Kier molecular flexibility index (Phi) is 20.9. The van der Waals surface area contributed by atoms with E-state index in [-0.39, 0.29) is 22.3 Å². The summed E-state index contributed by atoms with van der Waals surface area (Å²) in [5.74, 6) is 2.42. The van der Waals surface area contributed by atoms with Gasteiger partial charge in [0, 0.05) is 0 Å². The monoisotopic (exact) mass is 666 g/mol. The van der Waals surface area contributed by atoms with Gasteiger partial charge >= 0.3 is 30.2 Å². The second-order valence-electron chi connectivity index (χ2n) is 12.0. The molecule has 0 N–H and O–H groups in total. The van der Waals surface area contributed by atoms with Crippen molar-refractivity contribution in [2.75, 3.05) is 0 Å². The van der Waals surface area contributed by atoms with Gasteiger partial charge in [0.15, 0.2) is 0 Å². The zero-order valence-corrected chi connectivity index (χ0v) is 32.8. The van der Waals surface area contributed by atoms with Gasteiger partial charge in [0.2, 0.25) is 0 Å². The third-order valence-electron chi connectivity index (χ3n) is 7.23. The van der Waals surface area contributed by atoms with Crippen molar-refractivity contribution in [2.24, 2.45) is 0 Å². The van der Waals surface area contributed by atoms with Crippen LogP contribution in [0.3, 0.4) is 0 Å². The minimum atomic E-state index is 0. The molecule has 2 heteroatoms. The summed E-state index contributed by atoms with van der Waals surface area (Å²) in [6.07, 6.45) is 0. The predicted molar refractivity (Wildman–Crippen MR) is 195 cm³/mol. The smallest absolute Gasteiger partial charge is 0.171 e. The van der Waals surface area contributed by atoms with Crippen molar-refractivity contribution in [3.63, 3.8) is 0 Å². The van der Waals surface area contributed by atoms with Crippen LogP contribution in [0.4, 0.5) is 0 Å². The van der Waals surface area contributed by atoms with Crippen molar-refractivity contribution in [1.82, 2.24) is 0 Å². The van der Waals surface area contributed by atoms with Crippen LogP contribution in [0.2, 0.25) is 0 Å². The molecule has 0 aliphatic rings. The van der Waals surface area contributed by atoms with E-state index in [9.17, 15) is 0 Å². The molecular weight excluding hydrogens is 612 g/mol. The molecular formula is C41H56SiZr-6. The molecule has 0 aromatic heterocycles. The topological polar surface area (TPSA) is 0 Å². The van der Waals surface area contributed by atoms with E-state index in [2.05, 4.69) is 131 Å². The third kappa shape index (κ3) is 12.5. The van der Waals surface area contributed by atoms with Gasteiger partial charge < -0.3 is 22.3 Å². The summed E-state index contributed by atoms with van der Waals surface area (Å²) in [7, 11) is 0. The van der Waals surface area contributed by atoms with E-state index < -0.39 is 0 Å². The predicted octanol–water partition coefficient (Wildman–Crippen LogP) is 12.7. The van der Waals surface area contributed by atoms with Crippen molar-refractivity contribution in [3.05, 3.63) is 141 Å². The van der Waals surface area contributed by atoms with Gasteiger partial charge in [0.1, 0.15) is 0 Å². The summed E-state index contributed by atoms with van der Waals surface area (Å²) >= 11 is 1.36. The van der Waals surface area contributed by atoms with Gasteiger partial charge in [-0.2, -0.15) is 48.5 Å². The summed E-state index contributed by atoms with van der Waals surface area (Å²) in [6.45, 7) is 25.6. The Morgan fingerprint density at radius 1 is 0.535 bits per heavy atom. The summed E-state index contributed by atoms with van der Waals surface area (Å²) in [5.41, 5.74) is 8.66. The number of benzene rings is 3. The molecule has 2 radical (unpaired) electrons. The van der Waals surface area contributed by atoms with Crippen LogP contribution in [0.5, 0.6) is 0 Å². The average molecular weight is 668 g/mol. The van der Waals surface area contributed by atoms with Crippen molar-refractivity contribution in [1.29, 1.82) is 0 Å². The van der Waals surface area contributed by atoms with Gasteiger partial charge in [-0.15, -0.1) is 56.9 Å². The molecule has 0 aliphatic heterocycles. The SMILES string of the molecule is Cc1cc2c(C(C)C)cc(C(C)C)cc2[cH-]1.Cc1cc2c(C(C)C)cc(C(C)C)cc2[cH-]1.[CH3-].[CH3-].[CH3-].[Si]=[Zr].[c-]1ccccc1. The molecule has 0 saturated heterocycles. The van der Waals surface area contributed by atoms with Crippen molar-refractivity contribution >= 4 is 28.4 Å². The van der Waals surface area contributed by atoms with Crippen LogP contribution in [-0.2, 0) is 23.3 Å². The molecule has 0 amide bonds. The Morgan fingerprint density at radius 3 is 1.12 bits per heavy atom. The normalized spacial score (nSPS) is 10.1. The first-order valence-electron chi connectivity index (χ1n) is 14.6. The quantitative estimate of drug-likeness (QED) is 0.132. The van der Waals surface area contributed by atoms with Crippen LogP contribution >= 0.6 is 0 Å². The molecule has 0 aliphatic carbocycles. The number of hydrogen-bond donors (Lipinski definition) is 0. The second kappa shape index (κ2) is 20.8. The van der Waals surface area contributed by atoms with Crippen LogP contribution in [0, 0.1) is 42.2 Å². The van der Waals surface area contributed by atoms with E-state index in [0.717, 1.165) is 0 Å². The Bertz CT molecular complexity index is 1330. The maximum Gasteiger partial charge on any atom is -0.171 e. The summed E-state index contributed by atoms with van der Waals surface area (Å²) < 4.78 is 0. The maximum absolute atomic E-state index is 3.06. The number of rotatable bonds is 4. The minimum absolute atomic E-state index is 0. The molecule has 0 atom stereocenters. The summed E-state index contributed by atoms with van der Waals surface area (Å²) in [5, 5.41) is 5.70. The summed E-state index contributed by atoms with van der Waals surface area (Å²) in [4.78, 5) is 0. The molecule has 0 nitrogen and oxygen atoms in total. The minimum Gasteiger partial charge on any atom is -0.184 e. The fraction of sp³-hybridized carbons (Fsp3) is 0.341. The Morgan fingerprint density at radius 2 is 0.884 bits per heavy atom. The number of hydrogen-bond acceptors (Lipinski definition) is 0. The Labute approximate surface area is 283 Å². The van der Waals surface area contributed by atoms with E-state index >= 15 is 0 Å². The van der Waals surface area contributed by atoms with E-state index in [4.69, 9.17) is 0 Å². The van der Waals surface area contributed by atoms with E-state index in [1.54, 1.807) is 0 Å². The molecule has 0 spiro atoms. The van der Waals surface area contributed by atoms with Gasteiger partial charge in [0.05, 0.1) is 0 Å². The first-order valence-corrected chi connectivity index (χ1v) is 18.7. The van der Waals surface area contributed by atoms with Crippen LogP contribution in [0.15, 0.2) is 78.9 Å². The molecule has 0 fully saturated rings. The second-order valence-corrected chi connectivity index (χ2v) is 12.0. The van der Waals surface area contributed by atoms with Crippen LogP contribution in [0.1, 0.15) is 112 Å². The molecule has 43 heavy (non-hydrogen) atoms. The van der Waals surface area contributed by atoms with Gasteiger partial charge in [-0.05, 0) is 23.7 Å². The molecule has 5 aromatic carbocycles. The van der Waals surface area contributed by atoms with Crippen LogP contribution in [-0.4, -0.2) is 6.88 Å². The first-order chi connectivity index (χ1) is 19.0. The zero-order chi connectivity index (χ0) is 30.0. The largest absolute Gasteiger partial charge is 0.184 e. The first kappa shape index (κ1) is 43.1. The number of fused-ring (bicyclic) bond motifs is 2. The van der Waals surface area contributed by atoms with Crippen molar-refractivity contribution in [3.8, 4) is 0 Å². The van der Waals surface area contributed by atoms with Crippen LogP contribution < -0.4 is 0 Å². The molecule has 234 valence electrons. The molecule has 0 saturated carbocycles. The van der Waals surface area contributed by atoms with Gasteiger partial charge in [-0.3, -0.25) is 0 Å². The molecule has 5 rings (SSSR count). The van der Waals surface area contributed by atoms with Crippen molar-refractivity contribution < 1.29 is 23.3 Å². The fourth-order valence-electron chi connectivity index (χ4n) is 5.01. The molecule has 5 aromatic rings. The standard InChI is InChI=1S/2C16H21.C6H5.3CH3.Si.Zr/c2*1-10(2)13-8-14-6-12(5)7-16(14)15(9-13)11(3)4;1-2-4-6-5-3-1;;;;;/h2*6-11H,1-5H3;1-5H;3*1H3;;/q6*-1;;. The van der Waals surface area contributed by atoms with Gasteiger partial charge in [-0.1, -0.05) is 104 Å². The van der Waals surface area contributed by atoms with Crippen LogP contribution in [0.25, 0.3) is 21.5 Å². The van der Waals surface area contributed by atoms with Gasteiger partial charge in [-0.25, -0.2) is 0 Å². The maximum atomic E-state index is 3.06.